The van der Waals surface area contributed by atoms with E-state index in [-0.39, 0.29) is 6.61 Å². The molecule has 0 saturated heterocycles. The molecule has 0 radical (unpaired) electrons. The lowest BCUT2D eigenvalue weighted by Gasteiger charge is -2.18. The van der Waals surface area contributed by atoms with Gasteiger partial charge in [0.15, 0.2) is 0 Å². The summed E-state index contributed by atoms with van der Waals surface area (Å²) in [5.74, 6) is -1.90. The van der Waals surface area contributed by atoms with Crippen molar-refractivity contribution < 1.29 is 19.1 Å². The van der Waals surface area contributed by atoms with Crippen molar-refractivity contribution in [2.75, 3.05) is 11.9 Å². The molecule has 0 fully saturated rings. The van der Waals surface area contributed by atoms with Crippen LogP contribution < -0.4 is 11.1 Å². The predicted octanol–water partition coefficient (Wildman–Crippen LogP) is 1.47. The number of thiophene rings is 1. The molecule has 1 aliphatic carbocycles. The first-order valence-corrected chi connectivity index (χ1v) is 7.68. The maximum atomic E-state index is 11.7. The number of esters is 1. The minimum atomic E-state index is -0.965. The molecular weight excluding hydrogens is 292 g/mol. The molecule has 0 aromatic carbocycles. The molecule has 1 aliphatic rings. The number of nitrogens with one attached hydrogen (secondary N) is 1. The van der Waals surface area contributed by atoms with Gasteiger partial charge in [0.05, 0.1) is 12.2 Å². The topological polar surface area (TPSA) is 98.5 Å². The number of fused-ring (bicyclic) bond motifs is 1. The summed E-state index contributed by atoms with van der Waals surface area (Å²) in [6, 6.07) is 0. The quantitative estimate of drug-likeness (QED) is 0.652. The largest absolute Gasteiger partial charge is 0.459 e. The highest BCUT2D eigenvalue weighted by Crippen LogP contribution is 2.39. The Balaban J connectivity index is 2.29. The van der Waals surface area contributed by atoms with Crippen LogP contribution in [0.15, 0.2) is 0 Å². The number of primary amides is 1. The van der Waals surface area contributed by atoms with Gasteiger partial charge < -0.3 is 15.8 Å². The number of amides is 2. The van der Waals surface area contributed by atoms with Crippen LogP contribution in [-0.4, -0.2) is 24.4 Å². The number of carbonyl (C=O) groups is 3. The van der Waals surface area contributed by atoms with Crippen LogP contribution >= 0.6 is 11.3 Å². The number of hydrogen-bond donors (Lipinski definition) is 2. The van der Waals surface area contributed by atoms with Gasteiger partial charge in [-0.1, -0.05) is 6.92 Å². The number of rotatable bonds is 3. The fraction of sp³-hybridized carbons (Fsp3) is 0.500. The zero-order valence-corrected chi connectivity index (χ0v) is 12.8. The van der Waals surface area contributed by atoms with Gasteiger partial charge in [-0.3, -0.25) is 9.59 Å². The van der Waals surface area contributed by atoms with Crippen LogP contribution in [-0.2, 0) is 27.2 Å². The molecule has 21 heavy (non-hydrogen) atoms. The number of anilines is 1. The highest BCUT2D eigenvalue weighted by molar-refractivity contribution is 7.17. The molecule has 114 valence electrons. The van der Waals surface area contributed by atoms with Gasteiger partial charge in [-0.05, 0) is 37.7 Å². The first-order chi connectivity index (χ1) is 9.93. The molecular formula is C14H18N2O4S. The van der Waals surface area contributed by atoms with E-state index < -0.39 is 17.8 Å². The maximum Gasteiger partial charge on any atom is 0.397 e. The van der Waals surface area contributed by atoms with Crippen molar-refractivity contribution in [1.82, 2.24) is 0 Å². The van der Waals surface area contributed by atoms with Crippen LogP contribution in [0.3, 0.4) is 0 Å². The minimum Gasteiger partial charge on any atom is -0.459 e. The Morgan fingerprint density at radius 3 is 2.76 bits per heavy atom. The maximum absolute atomic E-state index is 11.7. The molecule has 1 aromatic rings. The summed E-state index contributed by atoms with van der Waals surface area (Å²) < 4.78 is 4.63. The zero-order valence-electron chi connectivity index (χ0n) is 12.0. The second-order valence-corrected chi connectivity index (χ2v) is 6.20. The van der Waals surface area contributed by atoms with E-state index in [1.165, 1.54) is 11.3 Å². The highest BCUT2D eigenvalue weighted by atomic mass is 32.1. The van der Waals surface area contributed by atoms with Gasteiger partial charge in [-0.15, -0.1) is 11.3 Å². The summed E-state index contributed by atoms with van der Waals surface area (Å²) in [5.41, 5.74) is 6.67. The van der Waals surface area contributed by atoms with Crippen LogP contribution in [0, 0.1) is 5.92 Å². The van der Waals surface area contributed by atoms with E-state index in [1.54, 1.807) is 6.92 Å². The fourth-order valence-corrected chi connectivity index (χ4v) is 3.86. The Bertz CT molecular complexity index is 594. The van der Waals surface area contributed by atoms with E-state index in [1.807, 2.05) is 0 Å². The van der Waals surface area contributed by atoms with E-state index >= 15 is 0 Å². The fourth-order valence-electron chi connectivity index (χ4n) is 2.45. The molecule has 1 atom stereocenters. The van der Waals surface area contributed by atoms with E-state index in [4.69, 9.17) is 5.73 Å². The molecule has 0 unspecified atom stereocenters. The van der Waals surface area contributed by atoms with Crippen LogP contribution in [0.2, 0.25) is 0 Å². The van der Waals surface area contributed by atoms with Crippen molar-refractivity contribution in [3.05, 3.63) is 16.0 Å². The standard InChI is InChI=1S/C14H18N2O4S/c1-3-20-14(19)12(18)16-13-10(11(15)17)8-5-4-7(2)6-9(8)21-13/h7H,3-6H2,1-2H3,(H2,15,17)(H,16,18)/t7-/m0/s1. The molecule has 1 heterocycles. The second kappa shape index (κ2) is 6.26. The van der Waals surface area contributed by atoms with Crippen molar-refractivity contribution >= 4 is 34.1 Å². The molecule has 2 rings (SSSR count). The highest BCUT2D eigenvalue weighted by Gasteiger charge is 2.28. The summed E-state index contributed by atoms with van der Waals surface area (Å²) in [6.07, 6.45) is 2.60. The summed E-state index contributed by atoms with van der Waals surface area (Å²) in [4.78, 5) is 35.8. The lowest BCUT2D eigenvalue weighted by molar-refractivity contribution is -0.152. The lowest BCUT2D eigenvalue weighted by atomic mass is 9.88. The van der Waals surface area contributed by atoms with Crippen molar-refractivity contribution in [2.24, 2.45) is 11.7 Å². The van der Waals surface area contributed by atoms with Crippen molar-refractivity contribution in [3.8, 4) is 0 Å². The van der Waals surface area contributed by atoms with E-state index in [2.05, 4.69) is 17.0 Å². The Hall–Kier alpha value is -1.89. The van der Waals surface area contributed by atoms with Gasteiger partial charge >= 0.3 is 11.9 Å². The Labute approximate surface area is 126 Å². The summed E-state index contributed by atoms with van der Waals surface area (Å²) >= 11 is 1.32. The van der Waals surface area contributed by atoms with Gasteiger partial charge in [0.25, 0.3) is 5.91 Å². The zero-order chi connectivity index (χ0) is 15.6. The average molecular weight is 310 g/mol. The van der Waals surface area contributed by atoms with Crippen molar-refractivity contribution in [1.29, 1.82) is 0 Å². The first-order valence-electron chi connectivity index (χ1n) is 6.86. The van der Waals surface area contributed by atoms with Gasteiger partial charge in [0.1, 0.15) is 5.00 Å². The SMILES string of the molecule is CCOC(=O)C(=O)Nc1sc2c(c1C(N)=O)CC[C@H](C)C2. The van der Waals surface area contributed by atoms with Crippen LogP contribution in [0.4, 0.5) is 5.00 Å². The molecule has 3 N–H and O–H groups in total. The van der Waals surface area contributed by atoms with Crippen LogP contribution in [0.1, 0.15) is 41.1 Å². The molecule has 2 amide bonds. The normalized spacial score (nSPS) is 17.0. The number of hydrogen-bond acceptors (Lipinski definition) is 5. The second-order valence-electron chi connectivity index (χ2n) is 5.09. The lowest BCUT2D eigenvalue weighted by Crippen LogP contribution is -2.26. The molecule has 6 nitrogen and oxygen atoms in total. The van der Waals surface area contributed by atoms with Crippen molar-refractivity contribution in [3.63, 3.8) is 0 Å². The van der Waals surface area contributed by atoms with Crippen LogP contribution in [0.25, 0.3) is 0 Å². The first kappa shape index (κ1) is 15.5. The van der Waals surface area contributed by atoms with E-state index in [9.17, 15) is 14.4 Å². The van der Waals surface area contributed by atoms with E-state index in [0.29, 0.717) is 16.5 Å². The molecule has 0 aliphatic heterocycles. The molecule has 0 saturated carbocycles. The summed E-state index contributed by atoms with van der Waals surface area (Å²) in [7, 11) is 0. The summed E-state index contributed by atoms with van der Waals surface area (Å²) in [5, 5.41) is 2.80. The third-order valence-electron chi connectivity index (χ3n) is 3.45. The third kappa shape index (κ3) is 3.24. The van der Waals surface area contributed by atoms with Gasteiger partial charge in [-0.25, -0.2) is 4.79 Å². The predicted molar refractivity (Wildman–Crippen MR) is 79.3 cm³/mol. The number of ether oxygens (including phenoxy) is 1. The number of carbonyl (C=O) groups excluding carboxylic acids is 3. The Kier molecular flexibility index (Phi) is 4.62. The van der Waals surface area contributed by atoms with E-state index in [0.717, 1.165) is 29.7 Å². The number of nitrogens with two attached hydrogens (primary N) is 1. The molecule has 7 heteroatoms. The van der Waals surface area contributed by atoms with Gasteiger partial charge in [-0.2, -0.15) is 0 Å². The Morgan fingerprint density at radius 1 is 1.43 bits per heavy atom. The molecule has 0 bridgehead atoms. The van der Waals surface area contributed by atoms with Gasteiger partial charge in [0, 0.05) is 4.88 Å². The van der Waals surface area contributed by atoms with Gasteiger partial charge in [0.2, 0.25) is 0 Å². The summed E-state index contributed by atoms with van der Waals surface area (Å²) in [6.45, 7) is 3.88. The monoisotopic (exact) mass is 310 g/mol. The smallest absolute Gasteiger partial charge is 0.397 e. The average Bonchev–Trinajstić information content (AvgIpc) is 2.75. The minimum absolute atomic E-state index is 0.118. The molecule has 1 aromatic heterocycles. The van der Waals surface area contributed by atoms with Crippen LogP contribution in [0.5, 0.6) is 0 Å². The Morgan fingerprint density at radius 2 is 2.14 bits per heavy atom. The van der Waals surface area contributed by atoms with Crippen molar-refractivity contribution in [2.45, 2.75) is 33.1 Å². The molecule has 0 spiro atoms. The third-order valence-corrected chi connectivity index (χ3v) is 4.62.